The van der Waals surface area contributed by atoms with Crippen LogP contribution >= 0.6 is 23.2 Å². The average Bonchev–Trinajstić information content (AvgIpc) is 2.62. The molecule has 2 rings (SSSR count). The largest absolute Gasteiger partial charge is 0.337 e. The lowest BCUT2D eigenvalue weighted by atomic mass is 10.2. The van der Waals surface area contributed by atoms with Gasteiger partial charge in [0.1, 0.15) is 5.15 Å². The van der Waals surface area contributed by atoms with Crippen LogP contribution in [-0.4, -0.2) is 27.6 Å². The smallest absolute Gasteiger partial charge is 0.258 e. The fraction of sp³-hybridized carbons (Fsp3) is 0.286. The quantitative estimate of drug-likeness (QED) is 0.872. The maximum atomic E-state index is 12.4. The molecule has 0 radical (unpaired) electrons. The molecule has 0 unspecified atom stereocenters. The molecule has 0 bridgehead atoms. The zero-order chi connectivity index (χ0) is 14.9. The van der Waals surface area contributed by atoms with Gasteiger partial charge in [-0.2, -0.15) is 5.10 Å². The Bertz CT molecular complexity index is 652. The van der Waals surface area contributed by atoms with Gasteiger partial charge in [0.2, 0.25) is 0 Å². The van der Waals surface area contributed by atoms with Crippen LogP contribution in [0.2, 0.25) is 10.2 Å². The third-order valence-electron chi connectivity index (χ3n) is 3.02. The number of aromatic nitrogens is 2. The highest BCUT2D eigenvalue weighted by Gasteiger charge is 2.22. The van der Waals surface area contributed by atoms with E-state index in [4.69, 9.17) is 23.2 Å². The molecule has 1 heterocycles. The summed E-state index contributed by atoms with van der Waals surface area (Å²) in [6.45, 7) is 2.23. The topological polar surface area (TPSA) is 38.1 Å². The molecule has 0 saturated carbocycles. The van der Waals surface area contributed by atoms with Crippen molar-refractivity contribution in [2.75, 3.05) is 7.05 Å². The molecule has 0 spiro atoms. The summed E-state index contributed by atoms with van der Waals surface area (Å²) in [4.78, 5) is 14.0. The standard InChI is InChI=1S/C14H15Cl2N3O/c1-9-12(13(16)19(3)17-9)14(20)18(2)8-10-5-4-6-11(15)7-10/h4-7H,8H2,1-3H3. The van der Waals surface area contributed by atoms with Crippen LogP contribution in [0.5, 0.6) is 0 Å². The Balaban J connectivity index is 2.21. The van der Waals surface area contributed by atoms with Gasteiger partial charge in [0.05, 0.1) is 11.3 Å². The van der Waals surface area contributed by atoms with E-state index in [1.54, 1.807) is 32.0 Å². The minimum atomic E-state index is -0.152. The minimum absolute atomic E-state index is 0.152. The summed E-state index contributed by atoms with van der Waals surface area (Å²) in [7, 11) is 3.44. The molecule has 6 heteroatoms. The van der Waals surface area contributed by atoms with Gasteiger partial charge in [0.15, 0.2) is 0 Å². The Morgan fingerprint density at radius 3 is 2.65 bits per heavy atom. The maximum Gasteiger partial charge on any atom is 0.258 e. The van der Waals surface area contributed by atoms with Gasteiger partial charge in [-0.05, 0) is 24.6 Å². The molecule has 0 fully saturated rings. The predicted octanol–water partition coefficient (Wildman–Crippen LogP) is 3.31. The van der Waals surface area contributed by atoms with Crippen LogP contribution in [0, 0.1) is 6.92 Å². The van der Waals surface area contributed by atoms with Crippen LogP contribution in [0.1, 0.15) is 21.6 Å². The zero-order valence-corrected chi connectivity index (χ0v) is 13.0. The van der Waals surface area contributed by atoms with Crippen LogP contribution in [0.4, 0.5) is 0 Å². The van der Waals surface area contributed by atoms with Gasteiger partial charge in [-0.3, -0.25) is 9.48 Å². The number of hydrogen-bond acceptors (Lipinski definition) is 2. The fourth-order valence-electron chi connectivity index (χ4n) is 2.04. The van der Waals surface area contributed by atoms with Crippen molar-refractivity contribution >= 4 is 29.1 Å². The molecule has 20 heavy (non-hydrogen) atoms. The molecular formula is C14H15Cl2N3O. The van der Waals surface area contributed by atoms with E-state index in [-0.39, 0.29) is 5.91 Å². The first kappa shape index (κ1) is 14.9. The van der Waals surface area contributed by atoms with Crippen LogP contribution < -0.4 is 0 Å². The number of carbonyl (C=O) groups is 1. The second kappa shape index (κ2) is 5.85. The first-order chi connectivity index (χ1) is 9.40. The monoisotopic (exact) mass is 311 g/mol. The number of nitrogens with zero attached hydrogens (tertiary/aromatic N) is 3. The van der Waals surface area contributed by atoms with E-state index in [2.05, 4.69) is 5.10 Å². The Kier molecular flexibility index (Phi) is 4.35. The van der Waals surface area contributed by atoms with E-state index in [0.717, 1.165) is 5.56 Å². The Hall–Kier alpha value is -1.52. The van der Waals surface area contributed by atoms with Crippen LogP contribution in [-0.2, 0) is 13.6 Å². The first-order valence-corrected chi connectivity index (χ1v) is 6.84. The van der Waals surface area contributed by atoms with Crippen molar-refractivity contribution in [1.29, 1.82) is 0 Å². The van der Waals surface area contributed by atoms with Crippen LogP contribution in [0.25, 0.3) is 0 Å². The number of hydrogen-bond donors (Lipinski definition) is 0. The summed E-state index contributed by atoms with van der Waals surface area (Å²) < 4.78 is 1.50. The Morgan fingerprint density at radius 1 is 1.40 bits per heavy atom. The predicted molar refractivity (Wildman–Crippen MR) is 80.2 cm³/mol. The SMILES string of the molecule is Cc1nn(C)c(Cl)c1C(=O)N(C)Cc1cccc(Cl)c1. The minimum Gasteiger partial charge on any atom is -0.337 e. The van der Waals surface area contributed by atoms with E-state index in [0.29, 0.717) is 28.0 Å². The van der Waals surface area contributed by atoms with E-state index < -0.39 is 0 Å². The van der Waals surface area contributed by atoms with Gasteiger partial charge in [0, 0.05) is 25.7 Å². The summed E-state index contributed by atoms with van der Waals surface area (Å²) in [6, 6.07) is 7.42. The third-order valence-corrected chi connectivity index (χ3v) is 3.69. The summed E-state index contributed by atoms with van der Waals surface area (Å²) in [5, 5.41) is 5.16. The van der Waals surface area contributed by atoms with Crippen LogP contribution in [0.15, 0.2) is 24.3 Å². The second-order valence-corrected chi connectivity index (χ2v) is 5.46. The summed E-state index contributed by atoms with van der Waals surface area (Å²) in [6.07, 6.45) is 0. The lowest BCUT2D eigenvalue weighted by molar-refractivity contribution is 0.0784. The molecule has 2 aromatic rings. The molecule has 1 aromatic carbocycles. The number of halogens is 2. The lowest BCUT2D eigenvalue weighted by Crippen LogP contribution is -2.26. The number of aryl methyl sites for hydroxylation is 2. The third kappa shape index (κ3) is 2.97. The number of carbonyl (C=O) groups excluding carboxylic acids is 1. The lowest BCUT2D eigenvalue weighted by Gasteiger charge is -2.17. The van der Waals surface area contributed by atoms with Crippen molar-refractivity contribution < 1.29 is 4.79 Å². The highest BCUT2D eigenvalue weighted by atomic mass is 35.5. The van der Waals surface area contributed by atoms with Crippen molar-refractivity contribution in [3.05, 3.63) is 51.3 Å². The van der Waals surface area contributed by atoms with E-state index in [9.17, 15) is 4.79 Å². The first-order valence-electron chi connectivity index (χ1n) is 6.09. The van der Waals surface area contributed by atoms with Crippen LogP contribution in [0.3, 0.4) is 0 Å². The maximum absolute atomic E-state index is 12.4. The second-order valence-electron chi connectivity index (χ2n) is 4.67. The Morgan fingerprint density at radius 2 is 2.10 bits per heavy atom. The molecule has 1 aromatic heterocycles. The normalized spacial score (nSPS) is 10.7. The molecule has 0 aliphatic carbocycles. The van der Waals surface area contributed by atoms with Gasteiger partial charge in [0.25, 0.3) is 5.91 Å². The molecule has 4 nitrogen and oxygen atoms in total. The molecule has 0 aliphatic heterocycles. The van der Waals surface area contributed by atoms with Gasteiger partial charge in [-0.25, -0.2) is 0 Å². The van der Waals surface area contributed by atoms with E-state index in [1.807, 2.05) is 18.2 Å². The van der Waals surface area contributed by atoms with Crippen molar-refractivity contribution in [2.24, 2.45) is 7.05 Å². The van der Waals surface area contributed by atoms with E-state index in [1.165, 1.54) is 4.68 Å². The molecule has 1 amide bonds. The molecule has 0 aliphatic rings. The fourth-order valence-corrected chi connectivity index (χ4v) is 2.51. The number of amides is 1. The Labute approximate surface area is 127 Å². The zero-order valence-electron chi connectivity index (χ0n) is 11.5. The van der Waals surface area contributed by atoms with Gasteiger partial charge in [-0.1, -0.05) is 35.3 Å². The summed E-state index contributed by atoms with van der Waals surface area (Å²) >= 11 is 12.1. The highest BCUT2D eigenvalue weighted by molar-refractivity contribution is 6.33. The molecule has 0 N–H and O–H groups in total. The molecule has 0 atom stereocenters. The van der Waals surface area contributed by atoms with E-state index >= 15 is 0 Å². The van der Waals surface area contributed by atoms with Crippen molar-refractivity contribution in [3.63, 3.8) is 0 Å². The average molecular weight is 312 g/mol. The van der Waals surface area contributed by atoms with Crippen molar-refractivity contribution in [1.82, 2.24) is 14.7 Å². The molecular weight excluding hydrogens is 297 g/mol. The molecule has 0 saturated heterocycles. The van der Waals surface area contributed by atoms with Gasteiger partial charge in [-0.15, -0.1) is 0 Å². The number of rotatable bonds is 3. The summed E-state index contributed by atoms with van der Waals surface area (Å²) in [5.74, 6) is -0.152. The molecule has 106 valence electrons. The van der Waals surface area contributed by atoms with Crippen molar-refractivity contribution in [2.45, 2.75) is 13.5 Å². The van der Waals surface area contributed by atoms with Crippen molar-refractivity contribution in [3.8, 4) is 0 Å². The highest BCUT2D eigenvalue weighted by Crippen LogP contribution is 2.21. The summed E-state index contributed by atoms with van der Waals surface area (Å²) in [5.41, 5.74) is 2.03. The van der Waals surface area contributed by atoms with Gasteiger partial charge < -0.3 is 4.90 Å². The number of benzene rings is 1. The van der Waals surface area contributed by atoms with Gasteiger partial charge >= 0.3 is 0 Å².